The van der Waals surface area contributed by atoms with Crippen LogP contribution in [0.2, 0.25) is 0 Å². The molecule has 1 heterocycles. The molecule has 0 aromatic heterocycles. The quantitative estimate of drug-likeness (QED) is 0.773. The predicted molar refractivity (Wildman–Crippen MR) is 87.7 cm³/mol. The molecule has 2 aliphatic carbocycles. The molecule has 1 aliphatic heterocycles. The van der Waals surface area contributed by atoms with Crippen LogP contribution in [-0.2, 0) is 14.2 Å². The van der Waals surface area contributed by atoms with E-state index in [1.54, 1.807) is 7.11 Å². The van der Waals surface area contributed by atoms with Crippen molar-refractivity contribution >= 4 is 0 Å². The molecular weight excluding hydrogens is 276 g/mol. The summed E-state index contributed by atoms with van der Waals surface area (Å²) in [6.07, 6.45) is 5.22. The lowest BCUT2D eigenvalue weighted by atomic mass is 9.48. The summed E-state index contributed by atoms with van der Waals surface area (Å²) in [6, 6.07) is 0. The highest BCUT2D eigenvalue weighted by atomic mass is 16.8. The van der Waals surface area contributed by atoms with Gasteiger partial charge < -0.3 is 14.2 Å². The molecule has 0 spiro atoms. The van der Waals surface area contributed by atoms with Crippen molar-refractivity contribution in [3.8, 4) is 0 Å². The van der Waals surface area contributed by atoms with Crippen LogP contribution in [-0.4, -0.2) is 31.2 Å². The first-order valence-corrected chi connectivity index (χ1v) is 9.02. The van der Waals surface area contributed by atoms with Crippen LogP contribution in [0.3, 0.4) is 0 Å². The smallest absolute Gasteiger partial charge is 0.190 e. The molecule has 0 aromatic rings. The van der Waals surface area contributed by atoms with Gasteiger partial charge in [0.2, 0.25) is 0 Å². The number of rotatable bonds is 3. The van der Waals surface area contributed by atoms with Gasteiger partial charge >= 0.3 is 0 Å². The topological polar surface area (TPSA) is 27.7 Å². The Kier molecular flexibility index (Phi) is 3.75. The molecule has 128 valence electrons. The molecule has 6 atom stereocenters. The fraction of sp³-hybridized carbons (Fsp3) is 1.00. The molecule has 3 nitrogen and oxygen atoms in total. The van der Waals surface area contributed by atoms with Crippen LogP contribution in [0.5, 0.6) is 0 Å². The van der Waals surface area contributed by atoms with Crippen LogP contribution in [0.4, 0.5) is 0 Å². The molecule has 0 bridgehead atoms. The molecule has 3 aliphatic rings. The monoisotopic (exact) mass is 310 g/mol. The lowest BCUT2D eigenvalue weighted by Gasteiger charge is -2.59. The summed E-state index contributed by atoms with van der Waals surface area (Å²) < 4.78 is 18.4. The fourth-order valence-corrected chi connectivity index (χ4v) is 6.25. The average molecular weight is 310 g/mol. The van der Waals surface area contributed by atoms with Gasteiger partial charge in [-0.05, 0) is 62.2 Å². The average Bonchev–Trinajstić information content (AvgIpc) is 2.88. The van der Waals surface area contributed by atoms with E-state index in [0.717, 1.165) is 18.3 Å². The van der Waals surface area contributed by atoms with E-state index in [2.05, 4.69) is 34.6 Å². The van der Waals surface area contributed by atoms with E-state index in [-0.39, 0.29) is 17.1 Å². The zero-order valence-corrected chi connectivity index (χ0v) is 15.5. The molecule has 0 amide bonds. The van der Waals surface area contributed by atoms with Crippen molar-refractivity contribution in [1.29, 1.82) is 0 Å². The second kappa shape index (κ2) is 4.94. The molecule has 22 heavy (non-hydrogen) atoms. The van der Waals surface area contributed by atoms with Gasteiger partial charge in [0.15, 0.2) is 5.79 Å². The van der Waals surface area contributed by atoms with Crippen molar-refractivity contribution in [2.75, 3.05) is 13.7 Å². The van der Waals surface area contributed by atoms with Gasteiger partial charge in [0.25, 0.3) is 0 Å². The summed E-state index contributed by atoms with van der Waals surface area (Å²) >= 11 is 0. The Labute approximate surface area is 136 Å². The summed E-state index contributed by atoms with van der Waals surface area (Å²) in [5, 5.41) is 0. The van der Waals surface area contributed by atoms with Crippen LogP contribution < -0.4 is 0 Å². The third-order valence-electron chi connectivity index (χ3n) is 7.78. The number of methoxy groups -OCH3 is 1. The van der Waals surface area contributed by atoms with E-state index in [4.69, 9.17) is 14.2 Å². The lowest BCUT2D eigenvalue weighted by molar-refractivity contribution is -0.225. The minimum absolute atomic E-state index is 0.113. The van der Waals surface area contributed by atoms with Crippen LogP contribution in [0.15, 0.2) is 0 Å². The lowest BCUT2D eigenvalue weighted by Crippen LogP contribution is -2.62. The van der Waals surface area contributed by atoms with Gasteiger partial charge in [-0.25, -0.2) is 0 Å². The molecule has 0 N–H and O–H groups in total. The second-order valence-corrected chi connectivity index (χ2v) is 8.93. The summed E-state index contributed by atoms with van der Waals surface area (Å²) in [5.41, 5.74) is 0.297. The second-order valence-electron chi connectivity index (χ2n) is 8.93. The molecule has 1 saturated heterocycles. The van der Waals surface area contributed by atoms with Gasteiger partial charge in [-0.3, -0.25) is 0 Å². The first kappa shape index (κ1) is 16.7. The van der Waals surface area contributed by atoms with Gasteiger partial charge in [-0.2, -0.15) is 0 Å². The van der Waals surface area contributed by atoms with Crippen molar-refractivity contribution in [3.63, 3.8) is 0 Å². The normalized spacial score (nSPS) is 53.3. The number of hydrogen-bond donors (Lipinski definition) is 0. The maximum Gasteiger partial charge on any atom is 0.190 e. The highest BCUT2D eigenvalue weighted by molar-refractivity contribution is 5.17. The van der Waals surface area contributed by atoms with Crippen LogP contribution >= 0.6 is 0 Å². The van der Waals surface area contributed by atoms with E-state index in [0.29, 0.717) is 12.0 Å². The SMILES string of the molecule is CC[C@]12C[C@@H]3O[C@@](C)(COC)O[C@]3(C)C(C)(C)[C@@H]1CC[C@H]2C. The zero-order valence-electron chi connectivity index (χ0n) is 15.5. The Balaban J connectivity index is 2.02. The maximum atomic E-state index is 6.58. The van der Waals surface area contributed by atoms with Crippen LogP contribution in [0.1, 0.15) is 67.2 Å². The van der Waals surface area contributed by atoms with E-state index in [9.17, 15) is 0 Å². The van der Waals surface area contributed by atoms with Gasteiger partial charge in [0.1, 0.15) is 12.2 Å². The minimum atomic E-state index is -0.609. The van der Waals surface area contributed by atoms with Gasteiger partial charge in [0.05, 0.1) is 6.10 Å². The highest BCUT2D eigenvalue weighted by Crippen LogP contribution is 2.69. The van der Waals surface area contributed by atoms with Crippen LogP contribution in [0.25, 0.3) is 0 Å². The molecule has 0 unspecified atom stereocenters. The van der Waals surface area contributed by atoms with E-state index in [1.165, 1.54) is 19.3 Å². The molecule has 0 aromatic carbocycles. The molecule has 3 heteroatoms. The van der Waals surface area contributed by atoms with Gasteiger partial charge in [-0.15, -0.1) is 0 Å². The van der Waals surface area contributed by atoms with Crippen molar-refractivity contribution in [3.05, 3.63) is 0 Å². The van der Waals surface area contributed by atoms with Crippen molar-refractivity contribution in [1.82, 2.24) is 0 Å². The highest BCUT2D eigenvalue weighted by Gasteiger charge is 2.70. The zero-order chi connectivity index (χ0) is 16.4. The minimum Gasteiger partial charge on any atom is -0.379 e. The van der Waals surface area contributed by atoms with Crippen molar-refractivity contribution in [2.45, 2.75) is 84.7 Å². The Morgan fingerprint density at radius 1 is 1.14 bits per heavy atom. The molecular formula is C19H34O3. The van der Waals surface area contributed by atoms with E-state index >= 15 is 0 Å². The summed E-state index contributed by atoms with van der Waals surface area (Å²) in [6.45, 7) is 14.5. The van der Waals surface area contributed by atoms with Gasteiger partial charge in [0, 0.05) is 7.11 Å². The molecule has 3 rings (SSSR count). The third kappa shape index (κ3) is 1.91. The molecule has 3 fully saturated rings. The Morgan fingerprint density at radius 3 is 2.41 bits per heavy atom. The first-order chi connectivity index (χ1) is 10.2. The van der Waals surface area contributed by atoms with Gasteiger partial charge in [-0.1, -0.05) is 27.7 Å². The number of hydrogen-bond acceptors (Lipinski definition) is 3. The Hall–Kier alpha value is -0.120. The predicted octanol–water partition coefficient (Wildman–Crippen LogP) is 4.40. The fourth-order valence-electron chi connectivity index (χ4n) is 6.25. The van der Waals surface area contributed by atoms with Crippen molar-refractivity contribution < 1.29 is 14.2 Å². The summed E-state index contributed by atoms with van der Waals surface area (Å²) in [4.78, 5) is 0. The third-order valence-corrected chi connectivity index (χ3v) is 7.78. The standard InChI is InChI=1S/C19H34O3/c1-8-19-11-15-18(6,22-17(5,21-15)12-20-7)16(3,4)14(19)10-9-13(19)2/h13-15H,8-12H2,1-7H3/t13-,14+,15+,17-,18+,19-/m1/s1. The summed E-state index contributed by atoms with van der Waals surface area (Å²) in [7, 11) is 1.72. The van der Waals surface area contributed by atoms with E-state index < -0.39 is 5.79 Å². The Morgan fingerprint density at radius 2 is 1.82 bits per heavy atom. The molecule has 2 saturated carbocycles. The van der Waals surface area contributed by atoms with Crippen LogP contribution in [0, 0.1) is 22.7 Å². The Bertz CT molecular complexity index is 448. The number of ether oxygens (including phenoxy) is 3. The molecule has 0 radical (unpaired) electrons. The largest absolute Gasteiger partial charge is 0.379 e. The first-order valence-electron chi connectivity index (χ1n) is 9.02. The number of fused-ring (bicyclic) bond motifs is 2. The summed E-state index contributed by atoms with van der Waals surface area (Å²) in [5.74, 6) is 0.890. The maximum absolute atomic E-state index is 6.58. The van der Waals surface area contributed by atoms with E-state index in [1.807, 2.05) is 6.92 Å². The van der Waals surface area contributed by atoms with Crippen molar-refractivity contribution in [2.24, 2.45) is 22.7 Å².